The number of benzene rings is 1. The van der Waals surface area contributed by atoms with Gasteiger partial charge in [0.05, 0.1) is 16.8 Å². The van der Waals surface area contributed by atoms with Gasteiger partial charge in [0.15, 0.2) is 15.8 Å². The number of rotatable bonds is 5. The summed E-state index contributed by atoms with van der Waals surface area (Å²) in [6, 6.07) is 1.38. The molecule has 1 unspecified atom stereocenters. The van der Waals surface area contributed by atoms with Crippen molar-refractivity contribution in [3.63, 3.8) is 0 Å². The zero-order valence-corrected chi connectivity index (χ0v) is 16.3. The number of ether oxygens (including phenoxy) is 1. The number of hydrogen-bond donors (Lipinski definition) is 1. The lowest BCUT2D eigenvalue weighted by atomic mass is 10.0. The molecule has 1 aromatic carbocycles. The number of nitrogens with zero attached hydrogens (tertiary/aromatic N) is 1. The molecule has 0 aliphatic heterocycles. The lowest BCUT2D eigenvalue weighted by molar-refractivity contribution is -0.153. The Hall–Kier alpha value is -1.44. The van der Waals surface area contributed by atoms with Crippen LogP contribution >= 0.6 is 27.3 Å². The molecule has 0 fully saturated rings. The van der Waals surface area contributed by atoms with Gasteiger partial charge < -0.3 is 14.0 Å². The van der Waals surface area contributed by atoms with Gasteiger partial charge in [-0.05, 0) is 41.4 Å². The summed E-state index contributed by atoms with van der Waals surface area (Å²) in [6.45, 7) is 2.73. The summed E-state index contributed by atoms with van der Waals surface area (Å²) in [6.07, 6.45) is -2.04. The molecular formula is C13H11BrF3NO6S2. The smallest absolute Gasteiger partial charge is 0.464 e. The zero-order valence-electron chi connectivity index (χ0n) is 13.1. The number of halogens is 4. The van der Waals surface area contributed by atoms with Crippen LogP contribution in [0.1, 0.15) is 24.2 Å². The Labute approximate surface area is 158 Å². The van der Waals surface area contributed by atoms with E-state index < -0.39 is 39.0 Å². The second kappa shape index (κ2) is 7.29. The van der Waals surface area contributed by atoms with Crippen LogP contribution in [0.25, 0.3) is 10.2 Å². The fourth-order valence-electron chi connectivity index (χ4n) is 2.07. The Morgan fingerprint density at radius 1 is 1.46 bits per heavy atom. The average Bonchev–Trinajstić information content (AvgIpc) is 2.85. The Balaban J connectivity index is 2.75. The number of aliphatic hydroxyl groups is 1. The molecule has 26 heavy (non-hydrogen) atoms. The second-order valence-corrected chi connectivity index (χ2v) is 8.70. The summed E-state index contributed by atoms with van der Waals surface area (Å²) in [5.41, 5.74) is -5.91. The predicted molar refractivity (Wildman–Crippen MR) is 89.3 cm³/mol. The van der Waals surface area contributed by atoms with Gasteiger partial charge in [0.25, 0.3) is 0 Å². The van der Waals surface area contributed by atoms with Crippen LogP contribution in [0.15, 0.2) is 9.98 Å². The first-order chi connectivity index (χ1) is 11.9. The van der Waals surface area contributed by atoms with Gasteiger partial charge in [-0.25, -0.2) is 9.78 Å². The van der Waals surface area contributed by atoms with E-state index in [0.29, 0.717) is 0 Å². The quantitative estimate of drug-likeness (QED) is 0.400. The number of aryl methyl sites for hydroxylation is 1. The lowest BCUT2D eigenvalue weighted by Crippen LogP contribution is -2.29. The summed E-state index contributed by atoms with van der Waals surface area (Å²) in [7, 11) is -6.04. The summed E-state index contributed by atoms with van der Waals surface area (Å²) < 4.78 is 70.3. The van der Waals surface area contributed by atoms with Gasteiger partial charge in [0.1, 0.15) is 0 Å². The number of aliphatic hydroxyl groups excluding tert-OH is 1. The number of carbonyl (C=O) groups excluding carboxylic acids is 1. The Kier molecular flexibility index (Phi) is 5.85. The van der Waals surface area contributed by atoms with Crippen molar-refractivity contribution in [2.75, 3.05) is 6.61 Å². The highest BCUT2D eigenvalue weighted by molar-refractivity contribution is 9.11. The van der Waals surface area contributed by atoms with E-state index >= 15 is 0 Å². The molecule has 0 amide bonds. The third kappa shape index (κ3) is 3.94. The number of esters is 1. The van der Waals surface area contributed by atoms with Crippen molar-refractivity contribution in [2.45, 2.75) is 25.5 Å². The van der Waals surface area contributed by atoms with Gasteiger partial charge in [-0.1, -0.05) is 0 Å². The van der Waals surface area contributed by atoms with Gasteiger partial charge in [0.2, 0.25) is 0 Å². The number of fused-ring (bicyclic) bond motifs is 1. The van der Waals surface area contributed by atoms with Crippen LogP contribution < -0.4 is 4.18 Å². The molecule has 0 radical (unpaired) electrons. The highest BCUT2D eigenvalue weighted by atomic mass is 79.9. The number of thiazole rings is 1. The number of hydrogen-bond acceptors (Lipinski definition) is 8. The van der Waals surface area contributed by atoms with Gasteiger partial charge in [-0.2, -0.15) is 21.6 Å². The second-order valence-electron chi connectivity index (χ2n) is 4.89. The van der Waals surface area contributed by atoms with Crippen LogP contribution in [0.4, 0.5) is 13.2 Å². The normalized spacial score (nSPS) is 13.7. The maximum absolute atomic E-state index is 12.7. The standard InChI is InChI=1S/C13H11BrF3NO6S2/c1-3-23-11(20)8(19)7-5(2)4-6-10(25-12(14)18-6)9(7)24-26(21,22)13(15,16)17/h4,8,19H,3H2,1-2H3. The fraction of sp³-hybridized carbons (Fsp3) is 0.385. The maximum Gasteiger partial charge on any atom is 0.534 e. The summed E-state index contributed by atoms with van der Waals surface area (Å²) in [5, 5.41) is 10.2. The largest absolute Gasteiger partial charge is 0.534 e. The molecule has 1 atom stereocenters. The van der Waals surface area contributed by atoms with Crippen LogP contribution in [0.3, 0.4) is 0 Å². The topological polar surface area (TPSA) is 103 Å². The van der Waals surface area contributed by atoms with E-state index in [0.717, 1.165) is 11.3 Å². The van der Waals surface area contributed by atoms with E-state index in [9.17, 15) is 31.5 Å². The highest BCUT2D eigenvalue weighted by Crippen LogP contribution is 2.43. The average molecular weight is 478 g/mol. The minimum atomic E-state index is -6.04. The number of carbonyl (C=O) groups is 1. The van der Waals surface area contributed by atoms with Gasteiger partial charge >= 0.3 is 21.6 Å². The molecule has 7 nitrogen and oxygen atoms in total. The summed E-state index contributed by atoms with van der Waals surface area (Å²) in [4.78, 5) is 15.8. The molecule has 0 aliphatic carbocycles. The molecule has 0 bridgehead atoms. The number of aromatic nitrogens is 1. The van der Waals surface area contributed by atoms with E-state index in [1.807, 2.05) is 0 Å². The third-order valence-corrected chi connectivity index (χ3v) is 5.59. The summed E-state index contributed by atoms with van der Waals surface area (Å²) >= 11 is 3.82. The van der Waals surface area contributed by atoms with Crippen molar-refractivity contribution in [1.29, 1.82) is 0 Å². The van der Waals surface area contributed by atoms with Gasteiger partial charge in [-0.3, -0.25) is 0 Å². The molecule has 0 saturated heterocycles. The monoisotopic (exact) mass is 477 g/mol. The minimum Gasteiger partial charge on any atom is -0.464 e. The zero-order chi connectivity index (χ0) is 19.9. The minimum absolute atomic E-state index is 0.0892. The predicted octanol–water partition coefficient (Wildman–Crippen LogP) is 3.19. The molecular weight excluding hydrogens is 467 g/mol. The SMILES string of the molecule is CCOC(=O)C(O)c1c(C)cc2nc(Br)sc2c1OS(=O)(=O)C(F)(F)F. The first-order valence-corrected chi connectivity index (χ1v) is 9.85. The molecule has 0 aliphatic rings. The molecule has 1 aromatic heterocycles. The van der Waals surface area contributed by atoms with Crippen molar-refractivity contribution in [1.82, 2.24) is 4.98 Å². The van der Waals surface area contributed by atoms with Crippen molar-refractivity contribution < 1.29 is 40.4 Å². The fourth-order valence-corrected chi connectivity index (χ4v) is 4.05. The van der Waals surface area contributed by atoms with E-state index in [1.165, 1.54) is 19.9 Å². The molecule has 0 saturated carbocycles. The number of alkyl halides is 3. The molecule has 0 spiro atoms. The molecule has 1 heterocycles. The van der Waals surface area contributed by atoms with Crippen LogP contribution in [-0.4, -0.2) is 36.6 Å². The maximum atomic E-state index is 12.7. The summed E-state index contributed by atoms with van der Waals surface area (Å²) in [5.74, 6) is -1.98. The van der Waals surface area contributed by atoms with Gasteiger partial charge in [-0.15, -0.1) is 11.3 Å². The Bertz CT molecular complexity index is 957. The Morgan fingerprint density at radius 2 is 2.08 bits per heavy atom. The first kappa shape index (κ1) is 20.9. The van der Waals surface area contributed by atoms with Crippen molar-refractivity contribution in [3.05, 3.63) is 21.1 Å². The lowest BCUT2D eigenvalue weighted by Gasteiger charge is -2.18. The van der Waals surface area contributed by atoms with Crippen molar-refractivity contribution in [3.8, 4) is 5.75 Å². The van der Waals surface area contributed by atoms with E-state index in [1.54, 1.807) is 0 Å². The highest BCUT2D eigenvalue weighted by Gasteiger charge is 2.49. The third-order valence-electron chi connectivity index (χ3n) is 3.12. The van der Waals surface area contributed by atoms with E-state index in [-0.39, 0.29) is 26.3 Å². The van der Waals surface area contributed by atoms with Crippen LogP contribution in [0.5, 0.6) is 5.75 Å². The van der Waals surface area contributed by atoms with Crippen LogP contribution in [0.2, 0.25) is 0 Å². The van der Waals surface area contributed by atoms with E-state index in [4.69, 9.17) is 0 Å². The van der Waals surface area contributed by atoms with E-state index in [2.05, 4.69) is 29.8 Å². The van der Waals surface area contributed by atoms with Crippen LogP contribution in [-0.2, 0) is 19.6 Å². The molecule has 2 aromatic rings. The molecule has 1 N–H and O–H groups in total. The molecule has 13 heteroatoms. The van der Waals surface area contributed by atoms with Crippen LogP contribution in [0, 0.1) is 6.92 Å². The molecule has 2 rings (SSSR count). The van der Waals surface area contributed by atoms with Crippen molar-refractivity contribution >= 4 is 53.6 Å². The molecule has 144 valence electrons. The van der Waals surface area contributed by atoms with Gasteiger partial charge in [0, 0.05) is 5.56 Å². The van der Waals surface area contributed by atoms with Crippen molar-refractivity contribution in [2.24, 2.45) is 0 Å². The Morgan fingerprint density at radius 3 is 2.62 bits per heavy atom. The first-order valence-electron chi connectivity index (χ1n) is 6.84.